The maximum atomic E-state index is 10.3. The van der Waals surface area contributed by atoms with Gasteiger partial charge in [-0.2, -0.15) is 0 Å². The number of nitrogens with zero attached hydrogens (tertiary/aromatic N) is 1. The van der Waals surface area contributed by atoms with E-state index in [1.54, 1.807) is 18.2 Å². The van der Waals surface area contributed by atoms with E-state index in [1.807, 2.05) is 6.92 Å². The molecule has 0 amide bonds. The summed E-state index contributed by atoms with van der Waals surface area (Å²) in [7, 11) is 0. The van der Waals surface area contributed by atoms with Crippen molar-refractivity contribution in [3.05, 3.63) is 45.5 Å². The van der Waals surface area contributed by atoms with Gasteiger partial charge < -0.3 is 20.5 Å². The number of halogens is 3. The molecule has 0 aliphatic carbocycles. The lowest BCUT2D eigenvalue weighted by Crippen LogP contribution is -2.38. The van der Waals surface area contributed by atoms with Crippen LogP contribution in [-0.4, -0.2) is 43.9 Å². The van der Waals surface area contributed by atoms with E-state index in [-0.39, 0.29) is 30.5 Å². The van der Waals surface area contributed by atoms with Crippen molar-refractivity contribution in [3.63, 3.8) is 0 Å². The molecule has 0 spiro atoms. The number of benzene rings is 1. The number of aliphatic imine (C=N–C) groups is 1. The van der Waals surface area contributed by atoms with Crippen molar-refractivity contribution >= 4 is 53.1 Å². The van der Waals surface area contributed by atoms with Gasteiger partial charge in [0.1, 0.15) is 0 Å². The Morgan fingerprint density at radius 1 is 1.27 bits per heavy atom. The van der Waals surface area contributed by atoms with Crippen LogP contribution in [-0.2, 0) is 4.74 Å². The molecular formula is C18H26Cl2IN3O2. The van der Waals surface area contributed by atoms with E-state index in [4.69, 9.17) is 27.9 Å². The van der Waals surface area contributed by atoms with Gasteiger partial charge >= 0.3 is 0 Å². The number of hydrogen-bond donors (Lipinski definition) is 3. The van der Waals surface area contributed by atoms with Crippen LogP contribution >= 0.6 is 47.2 Å². The first-order valence-corrected chi connectivity index (χ1v) is 9.26. The molecule has 1 aromatic rings. The van der Waals surface area contributed by atoms with Crippen LogP contribution in [0, 0.1) is 0 Å². The molecule has 0 saturated carbocycles. The molecule has 1 aliphatic heterocycles. The summed E-state index contributed by atoms with van der Waals surface area (Å²) in [5.41, 5.74) is 2.06. The molecule has 0 fully saturated rings. The zero-order chi connectivity index (χ0) is 18.1. The number of hydrogen-bond acceptors (Lipinski definition) is 3. The van der Waals surface area contributed by atoms with Crippen molar-refractivity contribution in [3.8, 4) is 0 Å². The quantitative estimate of drug-likeness (QED) is 0.223. The Hall–Kier alpha value is -0.540. The molecule has 0 aromatic heterocycles. The third-order valence-electron chi connectivity index (χ3n) is 3.83. The molecule has 8 heteroatoms. The van der Waals surface area contributed by atoms with Crippen LogP contribution in [0.4, 0.5) is 0 Å². The van der Waals surface area contributed by atoms with Crippen molar-refractivity contribution in [2.45, 2.75) is 25.9 Å². The molecule has 1 aromatic carbocycles. The first-order valence-electron chi connectivity index (χ1n) is 8.50. The highest BCUT2D eigenvalue weighted by Crippen LogP contribution is 2.23. The van der Waals surface area contributed by atoms with Gasteiger partial charge in [0.25, 0.3) is 0 Å². The zero-order valence-electron chi connectivity index (χ0n) is 14.8. The fourth-order valence-corrected chi connectivity index (χ4v) is 3.07. The molecular weight excluding hydrogens is 488 g/mol. The standard InChI is InChI=1S/C18H25Cl2N3O2.HI/c1-2-21-18(22-6-3-13-4-7-25-8-5-13)23-12-17(24)14-9-15(19)11-16(20)10-14;/h4,9-11,17,24H,2-3,5-8,12H2,1H3,(H2,21,22,23);1H. The monoisotopic (exact) mass is 513 g/mol. The second-order valence-electron chi connectivity index (χ2n) is 5.80. The topological polar surface area (TPSA) is 65.9 Å². The van der Waals surface area contributed by atoms with Gasteiger partial charge in [0.15, 0.2) is 5.96 Å². The van der Waals surface area contributed by atoms with E-state index >= 15 is 0 Å². The average molecular weight is 514 g/mol. The van der Waals surface area contributed by atoms with Crippen LogP contribution in [0.25, 0.3) is 0 Å². The summed E-state index contributed by atoms with van der Waals surface area (Å²) in [4.78, 5) is 4.45. The minimum absolute atomic E-state index is 0. The summed E-state index contributed by atoms with van der Waals surface area (Å²) in [6.07, 6.45) is 3.33. The fraction of sp³-hybridized carbons (Fsp3) is 0.500. The fourth-order valence-electron chi connectivity index (χ4n) is 2.53. The van der Waals surface area contributed by atoms with E-state index in [1.165, 1.54) is 5.57 Å². The summed E-state index contributed by atoms with van der Waals surface area (Å²) in [6.45, 7) is 5.28. The van der Waals surface area contributed by atoms with Gasteiger partial charge in [-0.25, -0.2) is 0 Å². The Kier molecular flexibility index (Phi) is 11.5. The minimum Gasteiger partial charge on any atom is -0.386 e. The van der Waals surface area contributed by atoms with Crippen LogP contribution < -0.4 is 10.6 Å². The number of rotatable bonds is 7. The summed E-state index contributed by atoms with van der Waals surface area (Å²) in [5.74, 6) is 0.683. The summed E-state index contributed by atoms with van der Waals surface area (Å²) >= 11 is 12.0. The highest BCUT2D eigenvalue weighted by Gasteiger charge is 2.10. The van der Waals surface area contributed by atoms with E-state index in [9.17, 15) is 5.11 Å². The van der Waals surface area contributed by atoms with Gasteiger partial charge in [0.2, 0.25) is 0 Å². The maximum Gasteiger partial charge on any atom is 0.191 e. The lowest BCUT2D eigenvalue weighted by atomic mass is 10.1. The van der Waals surface area contributed by atoms with Crippen molar-refractivity contribution in [2.75, 3.05) is 32.8 Å². The van der Waals surface area contributed by atoms with Crippen molar-refractivity contribution in [1.29, 1.82) is 0 Å². The molecule has 3 N–H and O–H groups in total. The third-order valence-corrected chi connectivity index (χ3v) is 4.27. The predicted molar refractivity (Wildman–Crippen MR) is 119 cm³/mol. The van der Waals surface area contributed by atoms with Crippen molar-refractivity contribution < 1.29 is 9.84 Å². The van der Waals surface area contributed by atoms with Crippen LogP contribution in [0.2, 0.25) is 10.0 Å². The Morgan fingerprint density at radius 2 is 2.00 bits per heavy atom. The number of aliphatic hydroxyl groups excluding tert-OH is 1. The molecule has 0 bridgehead atoms. The van der Waals surface area contributed by atoms with E-state index in [0.29, 0.717) is 28.2 Å². The summed E-state index contributed by atoms with van der Waals surface area (Å²) < 4.78 is 5.31. The summed E-state index contributed by atoms with van der Waals surface area (Å²) in [5, 5.41) is 17.8. The van der Waals surface area contributed by atoms with Gasteiger partial charge in [-0.05, 0) is 43.5 Å². The Balaban J connectivity index is 0.00000338. The molecule has 0 radical (unpaired) electrons. The highest BCUT2D eigenvalue weighted by atomic mass is 127. The predicted octanol–water partition coefficient (Wildman–Crippen LogP) is 3.94. The van der Waals surface area contributed by atoms with E-state index in [0.717, 1.165) is 32.5 Å². The first kappa shape index (κ1) is 23.5. The minimum atomic E-state index is -0.759. The van der Waals surface area contributed by atoms with Crippen molar-refractivity contribution in [2.24, 2.45) is 4.99 Å². The number of aliphatic hydroxyl groups is 1. The SMILES string of the molecule is CCNC(=NCC(O)c1cc(Cl)cc(Cl)c1)NCCC1=CCOCC1.I. The largest absolute Gasteiger partial charge is 0.386 e. The Labute approximate surface area is 182 Å². The molecule has 146 valence electrons. The zero-order valence-corrected chi connectivity index (χ0v) is 18.6. The molecule has 1 atom stereocenters. The average Bonchev–Trinajstić information content (AvgIpc) is 2.59. The molecule has 1 unspecified atom stereocenters. The Morgan fingerprint density at radius 3 is 2.62 bits per heavy atom. The molecule has 2 rings (SSSR count). The molecule has 0 saturated heterocycles. The first-order chi connectivity index (χ1) is 12.1. The van der Waals surface area contributed by atoms with Gasteiger partial charge in [0.05, 0.1) is 25.9 Å². The molecule has 5 nitrogen and oxygen atoms in total. The van der Waals surface area contributed by atoms with Gasteiger partial charge in [-0.15, -0.1) is 24.0 Å². The summed E-state index contributed by atoms with van der Waals surface area (Å²) in [6, 6.07) is 5.04. The number of guanidine groups is 1. The lowest BCUT2D eigenvalue weighted by Gasteiger charge is -2.16. The van der Waals surface area contributed by atoms with Crippen LogP contribution in [0.5, 0.6) is 0 Å². The Bertz CT molecular complexity index is 606. The van der Waals surface area contributed by atoms with Crippen LogP contribution in [0.15, 0.2) is 34.8 Å². The second kappa shape index (κ2) is 12.8. The molecule has 26 heavy (non-hydrogen) atoms. The van der Waals surface area contributed by atoms with Gasteiger partial charge in [0, 0.05) is 23.1 Å². The van der Waals surface area contributed by atoms with Crippen molar-refractivity contribution in [1.82, 2.24) is 10.6 Å². The number of nitrogens with one attached hydrogen (secondary N) is 2. The van der Waals surface area contributed by atoms with Crippen LogP contribution in [0.1, 0.15) is 31.4 Å². The third kappa shape index (κ3) is 8.43. The van der Waals surface area contributed by atoms with Gasteiger partial charge in [-0.1, -0.05) is 34.9 Å². The molecule has 1 aliphatic rings. The highest BCUT2D eigenvalue weighted by molar-refractivity contribution is 14.0. The molecule has 1 heterocycles. The van der Waals surface area contributed by atoms with E-state index < -0.39 is 6.10 Å². The maximum absolute atomic E-state index is 10.3. The number of ether oxygens (including phenoxy) is 1. The van der Waals surface area contributed by atoms with Gasteiger partial charge in [-0.3, -0.25) is 4.99 Å². The second-order valence-corrected chi connectivity index (χ2v) is 6.68. The smallest absolute Gasteiger partial charge is 0.191 e. The van der Waals surface area contributed by atoms with E-state index in [2.05, 4.69) is 21.7 Å². The normalized spacial score (nSPS) is 15.7. The van der Waals surface area contributed by atoms with Crippen LogP contribution in [0.3, 0.4) is 0 Å². The lowest BCUT2D eigenvalue weighted by molar-refractivity contribution is 0.153.